The maximum atomic E-state index is 12.7. The van der Waals surface area contributed by atoms with Crippen LogP contribution in [0, 0.1) is 5.92 Å². The number of nitrogens with one attached hydrogen (secondary N) is 1. The molecule has 3 fully saturated rings. The van der Waals surface area contributed by atoms with Crippen LogP contribution >= 0.6 is 0 Å². The number of hydrogen-bond donors (Lipinski definition) is 1. The summed E-state index contributed by atoms with van der Waals surface area (Å²) < 4.78 is 16.3. The number of ether oxygens (including phenoxy) is 2. The lowest BCUT2D eigenvalue weighted by atomic mass is 9.72. The van der Waals surface area contributed by atoms with Gasteiger partial charge in [0.15, 0.2) is 12.1 Å². The summed E-state index contributed by atoms with van der Waals surface area (Å²) in [6.45, 7) is 1.00. The van der Waals surface area contributed by atoms with E-state index in [4.69, 9.17) is 13.9 Å². The van der Waals surface area contributed by atoms with E-state index in [0.29, 0.717) is 42.7 Å². The van der Waals surface area contributed by atoms with Crippen molar-refractivity contribution in [1.82, 2.24) is 15.2 Å². The van der Waals surface area contributed by atoms with Crippen molar-refractivity contribution in [3.05, 3.63) is 42.1 Å². The number of aromatic nitrogens is 1. The molecular formula is C20H23N3O5. The molecule has 3 aliphatic rings. The van der Waals surface area contributed by atoms with Crippen molar-refractivity contribution in [3.8, 4) is 11.5 Å². The third kappa shape index (κ3) is 3.19. The molecule has 0 spiro atoms. The number of carbonyl (C=O) groups excluding carboxylic acids is 2. The fourth-order valence-corrected chi connectivity index (χ4v) is 4.15. The smallest absolute Gasteiger partial charge is 0.273 e. The van der Waals surface area contributed by atoms with Gasteiger partial charge in [-0.15, -0.1) is 0 Å². The minimum absolute atomic E-state index is 0.0428. The Morgan fingerprint density at radius 1 is 1.29 bits per heavy atom. The van der Waals surface area contributed by atoms with Crippen LogP contribution < -0.4 is 14.8 Å². The SMILES string of the molecule is CNC(=O)c1ncoc1C1C2CC1N(C(=O)CCOc1ccc(OC)cc1)C2. The summed E-state index contributed by atoms with van der Waals surface area (Å²) in [6.07, 6.45) is 2.54. The Balaban J connectivity index is 1.33. The van der Waals surface area contributed by atoms with Crippen LogP contribution in [-0.4, -0.2) is 55.0 Å². The molecule has 1 aromatic heterocycles. The highest BCUT2D eigenvalue weighted by molar-refractivity contribution is 5.93. The van der Waals surface area contributed by atoms with Crippen LogP contribution in [0.25, 0.3) is 0 Å². The van der Waals surface area contributed by atoms with Gasteiger partial charge in [-0.1, -0.05) is 0 Å². The van der Waals surface area contributed by atoms with Gasteiger partial charge in [0.2, 0.25) is 5.91 Å². The van der Waals surface area contributed by atoms with Crippen molar-refractivity contribution in [1.29, 1.82) is 0 Å². The van der Waals surface area contributed by atoms with Gasteiger partial charge in [-0.2, -0.15) is 0 Å². The van der Waals surface area contributed by atoms with Gasteiger partial charge in [0, 0.05) is 25.6 Å². The van der Waals surface area contributed by atoms with Crippen LogP contribution in [-0.2, 0) is 4.79 Å². The van der Waals surface area contributed by atoms with E-state index in [1.54, 1.807) is 14.2 Å². The van der Waals surface area contributed by atoms with E-state index in [1.165, 1.54) is 6.39 Å². The Labute approximate surface area is 162 Å². The molecule has 8 nitrogen and oxygen atoms in total. The first kappa shape index (κ1) is 18.3. The van der Waals surface area contributed by atoms with E-state index in [9.17, 15) is 9.59 Å². The van der Waals surface area contributed by atoms with E-state index in [2.05, 4.69) is 10.3 Å². The molecule has 0 radical (unpaired) electrons. The zero-order valence-corrected chi connectivity index (χ0v) is 15.9. The van der Waals surface area contributed by atoms with Crippen molar-refractivity contribution in [2.75, 3.05) is 27.3 Å². The van der Waals surface area contributed by atoms with E-state index in [0.717, 1.165) is 12.2 Å². The molecular weight excluding hydrogens is 362 g/mol. The second-order valence-electron chi connectivity index (χ2n) is 7.05. The predicted molar refractivity (Wildman–Crippen MR) is 99.3 cm³/mol. The molecule has 5 rings (SSSR count). The summed E-state index contributed by atoms with van der Waals surface area (Å²) in [4.78, 5) is 30.6. The van der Waals surface area contributed by atoms with Crippen molar-refractivity contribution in [2.24, 2.45) is 5.92 Å². The summed E-state index contributed by atoms with van der Waals surface area (Å²) in [7, 11) is 3.17. The van der Waals surface area contributed by atoms with Gasteiger partial charge in [-0.25, -0.2) is 4.98 Å². The van der Waals surface area contributed by atoms with Crippen LogP contribution in [0.2, 0.25) is 0 Å². The van der Waals surface area contributed by atoms with E-state index < -0.39 is 0 Å². The molecule has 2 aromatic rings. The molecule has 3 atom stereocenters. The molecule has 148 valence electrons. The van der Waals surface area contributed by atoms with Gasteiger partial charge >= 0.3 is 0 Å². The van der Waals surface area contributed by atoms with Gasteiger partial charge in [-0.05, 0) is 36.6 Å². The zero-order valence-electron chi connectivity index (χ0n) is 15.9. The largest absolute Gasteiger partial charge is 0.497 e. The Morgan fingerprint density at radius 2 is 2.04 bits per heavy atom. The molecule has 8 heteroatoms. The first-order chi connectivity index (χ1) is 13.6. The fourth-order valence-electron chi connectivity index (χ4n) is 4.15. The molecule has 2 aliphatic heterocycles. The lowest BCUT2D eigenvalue weighted by Gasteiger charge is -2.35. The van der Waals surface area contributed by atoms with Crippen molar-refractivity contribution < 1.29 is 23.5 Å². The Hall–Kier alpha value is -3.03. The number of fused-ring (bicyclic) bond motifs is 1. The van der Waals surface area contributed by atoms with Gasteiger partial charge in [0.25, 0.3) is 5.91 Å². The van der Waals surface area contributed by atoms with Gasteiger partial charge < -0.3 is 24.1 Å². The van der Waals surface area contributed by atoms with Gasteiger partial charge in [0.05, 0.1) is 20.1 Å². The zero-order chi connectivity index (χ0) is 19.7. The Morgan fingerprint density at radius 3 is 2.75 bits per heavy atom. The lowest BCUT2D eigenvalue weighted by Crippen LogP contribution is -2.40. The van der Waals surface area contributed by atoms with Crippen LogP contribution in [0.1, 0.15) is 35.0 Å². The topological polar surface area (TPSA) is 93.9 Å². The standard InChI is InChI=1S/C20H23N3O5/c1-21-20(25)18-19(28-11-22-18)17-12-9-15(17)23(10-12)16(24)7-8-27-14-5-3-13(26-2)4-6-14/h3-6,11-12,15,17H,7-10H2,1-2H3,(H,21,25). The fraction of sp³-hybridized carbons (Fsp3) is 0.450. The minimum Gasteiger partial charge on any atom is -0.497 e. The summed E-state index contributed by atoms with van der Waals surface area (Å²) in [5.41, 5.74) is 0.319. The number of oxazole rings is 1. The number of amides is 2. The maximum Gasteiger partial charge on any atom is 0.273 e. The van der Waals surface area contributed by atoms with Crippen molar-refractivity contribution in [3.63, 3.8) is 0 Å². The number of nitrogens with zero attached hydrogens (tertiary/aromatic N) is 2. The average Bonchev–Trinajstić information content (AvgIpc) is 3.43. The monoisotopic (exact) mass is 385 g/mol. The third-order valence-electron chi connectivity index (χ3n) is 5.60. The molecule has 1 aliphatic carbocycles. The Bertz CT molecular complexity index is 863. The van der Waals surface area contributed by atoms with Crippen molar-refractivity contribution in [2.45, 2.75) is 24.8 Å². The summed E-state index contributed by atoms with van der Waals surface area (Å²) in [5.74, 6) is 2.20. The number of benzene rings is 1. The molecule has 3 unspecified atom stereocenters. The van der Waals surface area contributed by atoms with Crippen LogP contribution in [0.3, 0.4) is 0 Å². The van der Waals surface area contributed by atoms with Crippen LogP contribution in [0.5, 0.6) is 11.5 Å². The molecule has 2 amide bonds. The maximum absolute atomic E-state index is 12.7. The van der Waals surface area contributed by atoms with E-state index in [-0.39, 0.29) is 23.8 Å². The van der Waals surface area contributed by atoms with Gasteiger partial charge in [0.1, 0.15) is 17.3 Å². The minimum atomic E-state index is -0.263. The predicted octanol–water partition coefficient (Wildman–Crippen LogP) is 1.83. The van der Waals surface area contributed by atoms with Crippen LogP contribution in [0.15, 0.2) is 35.1 Å². The second-order valence-corrected chi connectivity index (χ2v) is 7.05. The average molecular weight is 385 g/mol. The first-order valence-electron chi connectivity index (χ1n) is 9.34. The van der Waals surface area contributed by atoms with Crippen molar-refractivity contribution >= 4 is 11.8 Å². The van der Waals surface area contributed by atoms with Gasteiger partial charge in [-0.3, -0.25) is 9.59 Å². The quantitative estimate of drug-likeness (QED) is 0.781. The molecule has 1 saturated carbocycles. The normalized spacial score (nSPS) is 22.5. The molecule has 2 saturated heterocycles. The summed E-state index contributed by atoms with van der Waals surface area (Å²) in [5, 5.41) is 2.58. The third-order valence-corrected chi connectivity index (χ3v) is 5.60. The lowest BCUT2D eigenvalue weighted by molar-refractivity contribution is -0.132. The molecule has 1 aromatic carbocycles. The second kappa shape index (κ2) is 7.53. The number of rotatable bonds is 7. The number of hydrogen-bond acceptors (Lipinski definition) is 6. The Kier molecular flexibility index (Phi) is 4.93. The highest BCUT2D eigenvalue weighted by Crippen LogP contribution is 2.53. The molecule has 28 heavy (non-hydrogen) atoms. The number of methoxy groups -OCH3 is 1. The first-order valence-corrected chi connectivity index (χ1v) is 9.34. The van der Waals surface area contributed by atoms with Crippen LogP contribution in [0.4, 0.5) is 0 Å². The molecule has 3 heterocycles. The molecule has 2 bridgehead atoms. The van der Waals surface area contributed by atoms with E-state index >= 15 is 0 Å². The highest BCUT2D eigenvalue weighted by atomic mass is 16.5. The summed E-state index contributed by atoms with van der Waals surface area (Å²) in [6, 6.07) is 7.33. The summed E-state index contributed by atoms with van der Waals surface area (Å²) >= 11 is 0. The number of carbonyl (C=O) groups is 2. The highest BCUT2D eigenvalue weighted by Gasteiger charge is 2.56. The molecule has 1 N–H and O–H groups in total. The van der Waals surface area contributed by atoms with E-state index in [1.807, 2.05) is 29.2 Å².